The minimum absolute atomic E-state index is 0.0767. The molecule has 0 spiro atoms. The van der Waals surface area contributed by atoms with Crippen molar-refractivity contribution in [1.82, 2.24) is 5.32 Å². The molecule has 17 heavy (non-hydrogen) atoms. The summed E-state index contributed by atoms with van der Waals surface area (Å²) in [4.78, 5) is 0. The van der Waals surface area contributed by atoms with Gasteiger partial charge in [-0.2, -0.15) is 0 Å². The summed E-state index contributed by atoms with van der Waals surface area (Å²) in [5.74, 6) is 3.42. The molecule has 0 amide bonds. The average molecular weight is 297 g/mol. The lowest BCUT2D eigenvalue weighted by molar-refractivity contribution is 0.413. The first-order chi connectivity index (χ1) is 8.22. The quantitative estimate of drug-likeness (QED) is 0.624. The third kappa shape index (κ3) is 4.04. The zero-order valence-corrected chi connectivity index (χ0v) is 11.5. The van der Waals surface area contributed by atoms with E-state index in [2.05, 4.69) is 27.2 Å². The maximum Gasteiger partial charge on any atom is 0.119 e. The van der Waals surface area contributed by atoms with Gasteiger partial charge in [-0.15, -0.1) is 12.3 Å². The molecule has 1 aromatic carbocycles. The fraction of sp³-hybridized carbons (Fsp3) is 0.385. The van der Waals surface area contributed by atoms with Gasteiger partial charge >= 0.3 is 0 Å². The third-order valence-corrected chi connectivity index (χ3v) is 3.20. The fourth-order valence-electron chi connectivity index (χ4n) is 1.55. The number of halogens is 1. The van der Waals surface area contributed by atoms with Crippen LogP contribution in [0.5, 0.6) is 5.75 Å². The second kappa shape index (κ2) is 7.33. The number of methoxy groups -OCH3 is 1. The molecule has 0 radical (unpaired) electrons. The van der Waals surface area contributed by atoms with Gasteiger partial charge in [0, 0.05) is 30.0 Å². The van der Waals surface area contributed by atoms with E-state index >= 15 is 0 Å². The number of nitrogens with two attached hydrogens (primary N) is 1. The zero-order chi connectivity index (χ0) is 12.7. The van der Waals surface area contributed by atoms with Crippen LogP contribution in [0.15, 0.2) is 22.7 Å². The summed E-state index contributed by atoms with van der Waals surface area (Å²) in [5, 5.41) is 3.33. The molecule has 0 fully saturated rings. The van der Waals surface area contributed by atoms with Crippen molar-refractivity contribution in [2.75, 3.05) is 20.2 Å². The molecule has 0 saturated heterocycles. The van der Waals surface area contributed by atoms with Crippen LogP contribution in [0.4, 0.5) is 0 Å². The van der Waals surface area contributed by atoms with Crippen LogP contribution in [-0.4, -0.2) is 20.2 Å². The molecular formula is C13H17BrN2O. The molecule has 0 aromatic heterocycles. The monoisotopic (exact) mass is 296 g/mol. The maximum atomic E-state index is 5.77. The van der Waals surface area contributed by atoms with Crippen LogP contribution >= 0.6 is 15.9 Å². The molecule has 4 heteroatoms. The summed E-state index contributed by atoms with van der Waals surface area (Å²) in [5.41, 5.74) is 6.86. The molecule has 1 unspecified atom stereocenters. The first-order valence-corrected chi connectivity index (χ1v) is 6.22. The van der Waals surface area contributed by atoms with Crippen LogP contribution in [0.2, 0.25) is 0 Å². The van der Waals surface area contributed by atoms with Crippen molar-refractivity contribution in [2.45, 2.75) is 12.5 Å². The highest BCUT2D eigenvalue weighted by atomic mass is 79.9. The van der Waals surface area contributed by atoms with Gasteiger partial charge in [0.2, 0.25) is 0 Å². The SMILES string of the molecule is C#CCCNC(CN)c1cc(OC)ccc1Br. The molecule has 0 heterocycles. The molecule has 0 bridgehead atoms. The summed E-state index contributed by atoms with van der Waals surface area (Å²) in [6, 6.07) is 5.92. The van der Waals surface area contributed by atoms with E-state index in [4.69, 9.17) is 16.9 Å². The van der Waals surface area contributed by atoms with Gasteiger partial charge in [0.05, 0.1) is 7.11 Å². The highest BCUT2D eigenvalue weighted by Crippen LogP contribution is 2.27. The van der Waals surface area contributed by atoms with Crippen LogP contribution in [0, 0.1) is 12.3 Å². The molecule has 3 nitrogen and oxygen atoms in total. The molecule has 0 aliphatic carbocycles. The molecule has 3 N–H and O–H groups in total. The fourth-order valence-corrected chi connectivity index (χ4v) is 2.08. The van der Waals surface area contributed by atoms with Crippen molar-refractivity contribution in [3.8, 4) is 18.1 Å². The topological polar surface area (TPSA) is 47.3 Å². The minimum atomic E-state index is 0.0767. The van der Waals surface area contributed by atoms with Gasteiger partial charge in [-0.05, 0) is 23.8 Å². The number of rotatable bonds is 6. The molecule has 0 aliphatic rings. The highest BCUT2D eigenvalue weighted by Gasteiger charge is 2.13. The Bertz CT molecular complexity index is 401. The summed E-state index contributed by atoms with van der Waals surface area (Å²) in [6.45, 7) is 1.26. The molecule has 0 saturated carbocycles. The van der Waals surface area contributed by atoms with Gasteiger partial charge in [-0.3, -0.25) is 0 Å². The van der Waals surface area contributed by atoms with E-state index in [-0.39, 0.29) is 6.04 Å². The lowest BCUT2D eigenvalue weighted by atomic mass is 10.1. The third-order valence-electron chi connectivity index (χ3n) is 2.47. The lowest BCUT2D eigenvalue weighted by Crippen LogP contribution is -2.29. The van der Waals surface area contributed by atoms with Gasteiger partial charge in [0.1, 0.15) is 5.75 Å². The van der Waals surface area contributed by atoms with Crippen molar-refractivity contribution in [2.24, 2.45) is 5.73 Å². The Balaban J connectivity index is 2.83. The van der Waals surface area contributed by atoms with Crippen molar-refractivity contribution >= 4 is 15.9 Å². The normalized spacial score (nSPS) is 11.9. The van der Waals surface area contributed by atoms with Crippen molar-refractivity contribution < 1.29 is 4.74 Å². The van der Waals surface area contributed by atoms with E-state index in [1.807, 2.05) is 18.2 Å². The first-order valence-electron chi connectivity index (χ1n) is 5.43. The van der Waals surface area contributed by atoms with Gasteiger partial charge in [0.25, 0.3) is 0 Å². The van der Waals surface area contributed by atoms with Gasteiger partial charge in [-0.25, -0.2) is 0 Å². The number of ether oxygens (including phenoxy) is 1. The van der Waals surface area contributed by atoms with Crippen molar-refractivity contribution in [3.05, 3.63) is 28.2 Å². The Hall–Kier alpha value is -1.02. The first kappa shape index (κ1) is 14.0. The van der Waals surface area contributed by atoms with Crippen LogP contribution in [0.1, 0.15) is 18.0 Å². The van der Waals surface area contributed by atoms with Crippen molar-refractivity contribution in [3.63, 3.8) is 0 Å². The minimum Gasteiger partial charge on any atom is -0.497 e. The van der Waals surface area contributed by atoms with Gasteiger partial charge < -0.3 is 15.8 Å². The standard InChI is InChI=1S/C13H17BrN2O/c1-3-4-7-16-13(9-15)11-8-10(17-2)5-6-12(11)14/h1,5-6,8,13,16H,4,7,9,15H2,2H3. The largest absolute Gasteiger partial charge is 0.497 e. The van der Waals surface area contributed by atoms with E-state index in [0.29, 0.717) is 13.0 Å². The number of nitrogens with one attached hydrogen (secondary N) is 1. The van der Waals surface area contributed by atoms with E-state index < -0.39 is 0 Å². The number of hydrogen-bond donors (Lipinski definition) is 2. The summed E-state index contributed by atoms with van der Waals surface area (Å²) >= 11 is 3.52. The molecular weight excluding hydrogens is 280 g/mol. The molecule has 1 atom stereocenters. The van der Waals surface area contributed by atoms with Crippen molar-refractivity contribution in [1.29, 1.82) is 0 Å². The Labute approximate surface area is 111 Å². The summed E-state index contributed by atoms with van der Waals surface area (Å²) in [6.07, 6.45) is 5.91. The number of hydrogen-bond acceptors (Lipinski definition) is 3. The van der Waals surface area contributed by atoms with E-state index in [1.54, 1.807) is 7.11 Å². The predicted molar refractivity (Wildman–Crippen MR) is 73.9 cm³/mol. The smallest absolute Gasteiger partial charge is 0.119 e. The van der Waals surface area contributed by atoms with Crippen LogP contribution in [0.3, 0.4) is 0 Å². The maximum absolute atomic E-state index is 5.77. The lowest BCUT2D eigenvalue weighted by Gasteiger charge is -2.19. The van der Waals surface area contributed by atoms with Crippen LogP contribution in [0.25, 0.3) is 0 Å². The number of benzene rings is 1. The molecule has 0 aliphatic heterocycles. The Morgan fingerprint density at radius 3 is 2.94 bits per heavy atom. The summed E-state index contributed by atoms with van der Waals surface area (Å²) < 4.78 is 6.22. The summed E-state index contributed by atoms with van der Waals surface area (Å²) in [7, 11) is 1.65. The van der Waals surface area contributed by atoms with Crippen LogP contribution in [-0.2, 0) is 0 Å². The van der Waals surface area contributed by atoms with Gasteiger partial charge in [0.15, 0.2) is 0 Å². The predicted octanol–water partition coefficient (Wildman–Crippen LogP) is 2.07. The Kier molecular flexibility index (Phi) is 6.06. The average Bonchev–Trinajstić information content (AvgIpc) is 2.36. The Morgan fingerprint density at radius 1 is 1.59 bits per heavy atom. The van der Waals surface area contributed by atoms with E-state index in [0.717, 1.165) is 22.3 Å². The van der Waals surface area contributed by atoms with Gasteiger partial charge in [-0.1, -0.05) is 15.9 Å². The molecule has 1 rings (SSSR count). The number of terminal acetylenes is 1. The second-order valence-electron chi connectivity index (χ2n) is 3.58. The van der Waals surface area contributed by atoms with E-state index in [9.17, 15) is 0 Å². The molecule has 92 valence electrons. The van der Waals surface area contributed by atoms with Crippen LogP contribution < -0.4 is 15.8 Å². The molecule has 1 aromatic rings. The Morgan fingerprint density at radius 2 is 2.35 bits per heavy atom. The second-order valence-corrected chi connectivity index (χ2v) is 4.44. The highest BCUT2D eigenvalue weighted by molar-refractivity contribution is 9.10. The van der Waals surface area contributed by atoms with E-state index in [1.165, 1.54) is 0 Å². The zero-order valence-electron chi connectivity index (χ0n) is 9.87.